The van der Waals surface area contributed by atoms with Gasteiger partial charge in [0.2, 0.25) is 0 Å². The number of hydrogen-bond donors (Lipinski definition) is 1. The molecule has 2 aromatic rings. The Bertz CT molecular complexity index is 624. The number of para-hydroxylation sites is 1. The van der Waals surface area contributed by atoms with Crippen molar-refractivity contribution in [1.82, 2.24) is 0 Å². The molecule has 1 aliphatic heterocycles. The molecule has 1 aliphatic rings. The highest BCUT2D eigenvalue weighted by Crippen LogP contribution is 2.23. The fourth-order valence-corrected chi connectivity index (χ4v) is 2.03. The zero-order valence-corrected chi connectivity index (χ0v) is 10.2. The summed E-state index contributed by atoms with van der Waals surface area (Å²) in [5, 5.41) is 15.8. The van der Waals surface area contributed by atoms with E-state index in [-0.39, 0.29) is 12.4 Å². The lowest BCUT2D eigenvalue weighted by molar-refractivity contribution is -0.913. The van der Waals surface area contributed by atoms with Gasteiger partial charge in [-0.3, -0.25) is 0 Å². The second kappa shape index (κ2) is 4.47. The fourth-order valence-electron chi connectivity index (χ4n) is 2.03. The molecule has 19 heavy (non-hydrogen) atoms. The van der Waals surface area contributed by atoms with Crippen LogP contribution in [0, 0.1) is 5.21 Å². The zero-order valence-electron chi connectivity index (χ0n) is 10.2. The topological polar surface area (TPSA) is 70.7 Å². The number of hydroxylamine groups is 1. The molecule has 0 aromatic heterocycles. The van der Waals surface area contributed by atoms with Crippen molar-refractivity contribution in [2.45, 2.75) is 6.54 Å². The highest BCUT2D eigenvalue weighted by molar-refractivity contribution is 5.97. The summed E-state index contributed by atoms with van der Waals surface area (Å²) in [6.07, 6.45) is 0. The summed E-state index contributed by atoms with van der Waals surface area (Å²) in [4.78, 5) is -1.20. The number of nitrogens with two attached hydrogens (primary N) is 1. The van der Waals surface area contributed by atoms with Crippen molar-refractivity contribution in [1.29, 1.82) is 0 Å². The molecular weight excluding hydrogens is 242 g/mol. The van der Waals surface area contributed by atoms with Crippen LogP contribution < -0.4 is 10.6 Å². The van der Waals surface area contributed by atoms with Crippen molar-refractivity contribution in [2.75, 3.05) is 0 Å². The first kappa shape index (κ1) is 11.9. The van der Waals surface area contributed by atoms with E-state index in [9.17, 15) is 5.21 Å². The lowest BCUT2D eigenvalue weighted by Crippen LogP contribution is -2.47. The van der Waals surface area contributed by atoms with E-state index < -0.39 is 4.86 Å². The Kier molecular flexibility index (Phi) is 2.79. The minimum atomic E-state index is -1.20. The highest BCUT2D eigenvalue weighted by Gasteiger charge is 2.26. The van der Waals surface area contributed by atoms with E-state index in [0.29, 0.717) is 5.75 Å². The lowest BCUT2D eigenvalue weighted by atomic mass is 10.1. The van der Waals surface area contributed by atoms with Crippen molar-refractivity contribution < 1.29 is 9.60 Å². The predicted octanol–water partition coefficient (Wildman–Crippen LogP) is 2.13. The van der Waals surface area contributed by atoms with Crippen LogP contribution in [0.25, 0.3) is 0 Å². The zero-order chi connectivity index (χ0) is 13.3. The fraction of sp³-hybridized carbons (Fsp3) is 0.0714. The van der Waals surface area contributed by atoms with E-state index in [4.69, 9.17) is 10.6 Å². The summed E-state index contributed by atoms with van der Waals surface area (Å²) in [6.45, 7) is 0.109. The maximum atomic E-state index is 11.9. The average Bonchev–Trinajstić information content (AvgIpc) is 2.38. The van der Waals surface area contributed by atoms with Crippen molar-refractivity contribution in [3.05, 3.63) is 70.9 Å². The first-order valence-electron chi connectivity index (χ1n) is 5.93. The molecule has 0 fully saturated rings. The molecule has 0 spiro atoms. The van der Waals surface area contributed by atoms with Gasteiger partial charge in [0, 0.05) is 5.56 Å². The van der Waals surface area contributed by atoms with Gasteiger partial charge in [-0.05, 0) is 23.3 Å². The number of quaternary nitrogens is 1. The Morgan fingerprint density at radius 1 is 1.05 bits per heavy atom. The standard InChI is InChI=1S/C14H13N3O2/c15-17(18)10-11-6-4-5-9-13(11)14(16-17)19-12-7-2-1-3-8-12/h1-9H,10,15H2. The second-order valence-corrected chi connectivity index (χ2v) is 4.39. The van der Waals surface area contributed by atoms with Gasteiger partial charge in [-0.15, -0.1) is 4.86 Å². The Morgan fingerprint density at radius 2 is 1.74 bits per heavy atom. The van der Waals surface area contributed by atoms with Crippen LogP contribution in [0.3, 0.4) is 0 Å². The average molecular weight is 255 g/mol. The van der Waals surface area contributed by atoms with Gasteiger partial charge >= 0.3 is 0 Å². The molecule has 3 rings (SSSR count). The van der Waals surface area contributed by atoms with E-state index in [1.165, 1.54) is 0 Å². The SMILES string of the molecule is N[N+]1([O-])Cc2ccccc2C(Oc2ccccc2)=N1. The summed E-state index contributed by atoms with van der Waals surface area (Å²) in [5.74, 6) is 6.43. The number of fused-ring (bicyclic) bond motifs is 1. The largest absolute Gasteiger partial charge is 0.584 e. The molecule has 1 heterocycles. The van der Waals surface area contributed by atoms with Crippen molar-refractivity contribution in [2.24, 2.45) is 10.9 Å². The van der Waals surface area contributed by atoms with Crippen LogP contribution in [-0.2, 0) is 6.54 Å². The molecule has 2 aromatic carbocycles. The molecular formula is C14H13N3O2. The van der Waals surface area contributed by atoms with Crippen LogP contribution in [0.15, 0.2) is 59.7 Å². The monoisotopic (exact) mass is 255 g/mol. The molecule has 0 amide bonds. The smallest absolute Gasteiger partial charge is 0.282 e. The Labute approximate surface area is 110 Å². The predicted molar refractivity (Wildman–Crippen MR) is 71.6 cm³/mol. The van der Waals surface area contributed by atoms with Crippen LogP contribution in [0.4, 0.5) is 0 Å². The molecule has 0 saturated heterocycles. The van der Waals surface area contributed by atoms with Gasteiger partial charge < -0.3 is 9.94 Å². The van der Waals surface area contributed by atoms with Gasteiger partial charge in [-0.1, -0.05) is 36.4 Å². The van der Waals surface area contributed by atoms with Crippen molar-refractivity contribution in [3.8, 4) is 5.75 Å². The molecule has 1 unspecified atom stereocenters. The first-order valence-corrected chi connectivity index (χ1v) is 5.93. The number of ether oxygens (including phenoxy) is 1. The van der Waals surface area contributed by atoms with Crippen LogP contribution in [0.5, 0.6) is 5.75 Å². The first-order chi connectivity index (χ1) is 9.14. The van der Waals surface area contributed by atoms with E-state index in [1.807, 2.05) is 42.5 Å². The third-order valence-electron chi connectivity index (χ3n) is 2.86. The summed E-state index contributed by atoms with van der Waals surface area (Å²) in [7, 11) is 0. The van der Waals surface area contributed by atoms with E-state index in [0.717, 1.165) is 11.1 Å². The number of nitrogens with zero attached hydrogens (tertiary/aromatic N) is 2. The van der Waals surface area contributed by atoms with Gasteiger partial charge in [-0.25, -0.2) is 0 Å². The minimum Gasteiger partial charge on any atom is -0.584 e. The van der Waals surface area contributed by atoms with Gasteiger partial charge in [0.25, 0.3) is 5.90 Å². The Morgan fingerprint density at radius 3 is 2.53 bits per heavy atom. The van der Waals surface area contributed by atoms with E-state index >= 15 is 0 Å². The molecule has 1 atom stereocenters. The summed E-state index contributed by atoms with van der Waals surface area (Å²) in [6, 6.07) is 16.7. The Hall–Kier alpha value is -2.21. The minimum absolute atomic E-state index is 0.109. The summed E-state index contributed by atoms with van der Waals surface area (Å²) < 4.78 is 5.67. The van der Waals surface area contributed by atoms with Gasteiger partial charge in [0.05, 0.1) is 5.56 Å². The summed E-state index contributed by atoms with van der Waals surface area (Å²) >= 11 is 0. The molecule has 5 heteroatoms. The number of rotatable bonds is 1. The lowest BCUT2D eigenvalue weighted by Gasteiger charge is -2.33. The quantitative estimate of drug-likeness (QED) is 0.482. The van der Waals surface area contributed by atoms with Crippen LogP contribution in [-0.4, -0.2) is 10.8 Å². The normalized spacial score (nSPS) is 21.5. The maximum Gasteiger partial charge on any atom is 0.282 e. The van der Waals surface area contributed by atoms with Crippen LogP contribution in [0.2, 0.25) is 0 Å². The molecule has 0 radical (unpaired) electrons. The van der Waals surface area contributed by atoms with Crippen molar-refractivity contribution >= 4 is 5.90 Å². The van der Waals surface area contributed by atoms with E-state index in [1.54, 1.807) is 12.1 Å². The molecule has 2 N–H and O–H groups in total. The molecule has 0 bridgehead atoms. The maximum absolute atomic E-state index is 11.9. The third-order valence-corrected chi connectivity index (χ3v) is 2.86. The molecule has 5 nitrogen and oxygen atoms in total. The molecule has 0 aliphatic carbocycles. The van der Waals surface area contributed by atoms with Crippen LogP contribution in [0.1, 0.15) is 11.1 Å². The van der Waals surface area contributed by atoms with E-state index in [2.05, 4.69) is 5.10 Å². The number of hydrogen-bond acceptors (Lipinski definition) is 4. The van der Waals surface area contributed by atoms with Crippen molar-refractivity contribution in [3.63, 3.8) is 0 Å². The second-order valence-electron chi connectivity index (χ2n) is 4.39. The van der Waals surface area contributed by atoms with Crippen LogP contribution >= 0.6 is 0 Å². The Balaban J connectivity index is 2.01. The van der Waals surface area contributed by atoms with Gasteiger partial charge in [-0.2, -0.15) is 5.84 Å². The summed E-state index contributed by atoms with van der Waals surface area (Å²) in [5.41, 5.74) is 1.64. The molecule has 96 valence electrons. The molecule has 0 saturated carbocycles. The number of benzene rings is 2. The van der Waals surface area contributed by atoms with Gasteiger partial charge in [0.1, 0.15) is 12.3 Å². The van der Waals surface area contributed by atoms with Gasteiger partial charge in [0.15, 0.2) is 0 Å². The third kappa shape index (κ3) is 2.48. The highest BCUT2D eigenvalue weighted by atomic mass is 16.6.